The summed E-state index contributed by atoms with van der Waals surface area (Å²) in [6.07, 6.45) is 5.78. The number of benzene rings is 1. The Morgan fingerprint density at radius 1 is 1.21 bits per heavy atom. The van der Waals surface area contributed by atoms with E-state index in [1.807, 2.05) is 30.3 Å². The normalized spacial score (nSPS) is 17.5. The van der Waals surface area contributed by atoms with Gasteiger partial charge in [-0.05, 0) is 25.0 Å². The molecule has 1 aromatic carbocycles. The molecule has 4 nitrogen and oxygen atoms in total. The molecule has 4 heteroatoms. The lowest BCUT2D eigenvalue weighted by molar-refractivity contribution is 0.0815. The maximum atomic E-state index is 12.7. The summed E-state index contributed by atoms with van der Waals surface area (Å²) in [5, 5.41) is 7.97. The van der Waals surface area contributed by atoms with Crippen molar-refractivity contribution < 1.29 is 4.79 Å². The molecule has 0 amide bonds. The zero-order valence-electron chi connectivity index (χ0n) is 11.0. The lowest BCUT2D eigenvalue weighted by atomic mass is 9.82. The van der Waals surface area contributed by atoms with E-state index >= 15 is 0 Å². The van der Waals surface area contributed by atoms with Crippen LogP contribution in [0.3, 0.4) is 0 Å². The van der Waals surface area contributed by atoms with E-state index in [-0.39, 0.29) is 11.2 Å². The topological polar surface area (TPSA) is 47.8 Å². The third kappa shape index (κ3) is 2.07. The van der Waals surface area contributed by atoms with Gasteiger partial charge in [-0.3, -0.25) is 4.79 Å². The molecule has 1 saturated carbocycles. The lowest BCUT2D eigenvalue weighted by Gasteiger charge is -2.21. The van der Waals surface area contributed by atoms with Crippen molar-refractivity contribution in [2.75, 3.05) is 0 Å². The third-order valence-corrected chi connectivity index (χ3v) is 4.04. The van der Waals surface area contributed by atoms with Crippen molar-refractivity contribution in [2.24, 2.45) is 5.41 Å². The number of hydrogen-bond acceptors (Lipinski definition) is 3. The quantitative estimate of drug-likeness (QED) is 0.792. The maximum absolute atomic E-state index is 12.7. The number of para-hydroxylation sites is 1. The Bertz CT molecular complexity index is 582. The fourth-order valence-electron chi connectivity index (χ4n) is 2.84. The average Bonchev–Trinajstić information content (AvgIpc) is 3.08. The first kappa shape index (κ1) is 12.1. The smallest absolute Gasteiger partial charge is 0.188 e. The SMILES string of the molecule is CC1(C(=O)c2cnnn2-c2ccccc2)CCCC1. The number of hydrogen-bond donors (Lipinski definition) is 0. The van der Waals surface area contributed by atoms with E-state index in [9.17, 15) is 4.79 Å². The second kappa shape index (κ2) is 4.61. The number of ketones is 1. The molecule has 1 fully saturated rings. The van der Waals surface area contributed by atoms with Crippen molar-refractivity contribution in [1.29, 1.82) is 0 Å². The molecule has 0 unspecified atom stereocenters. The maximum Gasteiger partial charge on any atom is 0.188 e. The Labute approximate surface area is 112 Å². The highest BCUT2D eigenvalue weighted by molar-refractivity contribution is 5.99. The van der Waals surface area contributed by atoms with Crippen LogP contribution in [-0.2, 0) is 0 Å². The van der Waals surface area contributed by atoms with E-state index in [4.69, 9.17) is 0 Å². The molecule has 0 aliphatic heterocycles. The summed E-state index contributed by atoms with van der Waals surface area (Å²) >= 11 is 0. The average molecular weight is 255 g/mol. The molecule has 1 aromatic heterocycles. The summed E-state index contributed by atoms with van der Waals surface area (Å²) in [5.74, 6) is 0.166. The number of Topliss-reactive ketones (excluding diaryl/α,β-unsaturated/α-hetero) is 1. The van der Waals surface area contributed by atoms with Gasteiger partial charge in [0, 0.05) is 5.41 Å². The highest BCUT2D eigenvalue weighted by atomic mass is 16.1. The van der Waals surface area contributed by atoms with Crippen LogP contribution in [0.4, 0.5) is 0 Å². The van der Waals surface area contributed by atoms with Gasteiger partial charge in [-0.1, -0.05) is 43.2 Å². The molecular formula is C15H17N3O. The monoisotopic (exact) mass is 255 g/mol. The Balaban J connectivity index is 1.99. The Morgan fingerprint density at radius 3 is 2.58 bits per heavy atom. The molecule has 3 rings (SSSR count). The number of carbonyl (C=O) groups excluding carboxylic acids is 1. The largest absolute Gasteiger partial charge is 0.292 e. The van der Waals surface area contributed by atoms with Crippen molar-refractivity contribution in [3.8, 4) is 5.69 Å². The van der Waals surface area contributed by atoms with Crippen LogP contribution in [0.2, 0.25) is 0 Å². The van der Waals surface area contributed by atoms with Crippen LogP contribution in [-0.4, -0.2) is 20.8 Å². The van der Waals surface area contributed by atoms with Gasteiger partial charge in [0.2, 0.25) is 0 Å². The molecule has 1 aliphatic carbocycles. The van der Waals surface area contributed by atoms with E-state index in [1.54, 1.807) is 10.9 Å². The molecule has 19 heavy (non-hydrogen) atoms. The molecule has 0 saturated heterocycles. The molecule has 1 heterocycles. The first-order valence-electron chi connectivity index (χ1n) is 6.72. The third-order valence-electron chi connectivity index (χ3n) is 4.04. The van der Waals surface area contributed by atoms with Crippen molar-refractivity contribution in [3.05, 3.63) is 42.2 Å². The number of aromatic nitrogens is 3. The Hall–Kier alpha value is -1.97. The minimum absolute atomic E-state index is 0.166. The minimum atomic E-state index is -0.242. The zero-order valence-corrected chi connectivity index (χ0v) is 11.0. The van der Waals surface area contributed by atoms with Crippen molar-refractivity contribution in [2.45, 2.75) is 32.6 Å². The molecule has 98 valence electrons. The van der Waals surface area contributed by atoms with Crippen molar-refractivity contribution in [3.63, 3.8) is 0 Å². The summed E-state index contributed by atoms with van der Waals surface area (Å²) < 4.78 is 1.64. The first-order chi connectivity index (χ1) is 9.21. The van der Waals surface area contributed by atoms with E-state index in [0.717, 1.165) is 31.4 Å². The van der Waals surface area contributed by atoms with Crippen LogP contribution < -0.4 is 0 Å². The van der Waals surface area contributed by atoms with Crippen LogP contribution in [0.25, 0.3) is 5.69 Å². The summed E-state index contributed by atoms with van der Waals surface area (Å²) in [6, 6.07) is 9.68. The molecular weight excluding hydrogens is 238 g/mol. The molecule has 0 radical (unpaired) electrons. The fourth-order valence-corrected chi connectivity index (χ4v) is 2.84. The summed E-state index contributed by atoms with van der Waals surface area (Å²) in [4.78, 5) is 12.7. The molecule has 0 atom stereocenters. The summed E-state index contributed by atoms with van der Waals surface area (Å²) in [5.41, 5.74) is 1.23. The van der Waals surface area contributed by atoms with Crippen molar-refractivity contribution >= 4 is 5.78 Å². The predicted octanol–water partition coefficient (Wildman–Crippen LogP) is 3.03. The second-order valence-corrected chi connectivity index (χ2v) is 5.46. The predicted molar refractivity (Wildman–Crippen MR) is 72.3 cm³/mol. The van der Waals surface area contributed by atoms with Gasteiger partial charge in [0.25, 0.3) is 0 Å². The van der Waals surface area contributed by atoms with E-state index in [1.165, 1.54) is 0 Å². The van der Waals surface area contributed by atoms with Crippen molar-refractivity contribution in [1.82, 2.24) is 15.0 Å². The summed E-state index contributed by atoms with van der Waals surface area (Å²) in [6.45, 7) is 2.06. The van der Waals surface area contributed by atoms with Crippen LogP contribution in [0.1, 0.15) is 43.1 Å². The van der Waals surface area contributed by atoms with Gasteiger partial charge in [-0.15, -0.1) is 5.10 Å². The number of carbonyl (C=O) groups is 1. The van der Waals surface area contributed by atoms with Crippen LogP contribution >= 0.6 is 0 Å². The van der Waals surface area contributed by atoms with Crippen LogP contribution in [0.5, 0.6) is 0 Å². The minimum Gasteiger partial charge on any atom is -0.292 e. The van der Waals surface area contributed by atoms with E-state index in [2.05, 4.69) is 17.2 Å². The van der Waals surface area contributed by atoms with Gasteiger partial charge in [0.1, 0.15) is 5.69 Å². The van der Waals surface area contributed by atoms with Crippen LogP contribution in [0, 0.1) is 5.41 Å². The highest BCUT2D eigenvalue weighted by Gasteiger charge is 2.38. The Morgan fingerprint density at radius 2 is 1.89 bits per heavy atom. The van der Waals surface area contributed by atoms with E-state index in [0.29, 0.717) is 5.69 Å². The molecule has 0 bridgehead atoms. The van der Waals surface area contributed by atoms with Gasteiger partial charge in [-0.25, -0.2) is 4.68 Å². The molecule has 2 aromatic rings. The lowest BCUT2D eigenvalue weighted by Crippen LogP contribution is -2.26. The first-order valence-corrected chi connectivity index (χ1v) is 6.72. The standard InChI is InChI=1S/C15H17N3O/c1-15(9-5-6-10-15)14(19)13-11-16-17-18(13)12-7-3-2-4-8-12/h2-4,7-8,11H,5-6,9-10H2,1H3. The number of rotatable bonds is 3. The Kier molecular flexibility index (Phi) is 2.93. The van der Waals surface area contributed by atoms with Gasteiger partial charge in [0.15, 0.2) is 5.78 Å². The van der Waals surface area contributed by atoms with Crippen LogP contribution in [0.15, 0.2) is 36.5 Å². The van der Waals surface area contributed by atoms with Gasteiger partial charge in [-0.2, -0.15) is 0 Å². The van der Waals surface area contributed by atoms with E-state index < -0.39 is 0 Å². The fraction of sp³-hybridized carbons (Fsp3) is 0.400. The molecule has 0 spiro atoms. The second-order valence-electron chi connectivity index (χ2n) is 5.46. The van der Waals surface area contributed by atoms with Gasteiger partial charge >= 0.3 is 0 Å². The molecule has 0 N–H and O–H groups in total. The van der Waals surface area contributed by atoms with Gasteiger partial charge in [0.05, 0.1) is 11.9 Å². The summed E-state index contributed by atoms with van der Waals surface area (Å²) in [7, 11) is 0. The number of nitrogens with zero attached hydrogens (tertiary/aromatic N) is 3. The zero-order chi connectivity index (χ0) is 13.3. The van der Waals surface area contributed by atoms with Gasteiger partial charge < -0.3 is 0 Å². The highest BCUT2D eigenvalue weighted by Crippen LogP contribution is 2.40. The molecule has 1 aliphatic rings.